The Morgan fingerprint density at radius 2 is 0.971 bits per heavy atom. The SMILES string of the molecule is CC(=NNC(=O)CCC(=O)NN=C(C)c1ccc2ccccc2c1)c1ccc2ccccc2c1. The summed E-state index contributed by atoms with van der Waals surface area (Å²) in [6.07, 6.45) is 0.0375. The van der Waals surface area contributed by atoms with Gasteiger partial charge in [-0.3, -0.25) is 9.59 Å². The van der Waals surface area contributed by atoms with Crippen molar-refractivity contribution in [3.63, 3.8) is 0 Å². The molecule has 2 N–H and O–H groups in total. The van der Waals surface area contributed by atoms with E-state index in [0.717, 1.165) is 32.7 Å². The Hall–Kier alpha value is -4.32. The van der Waals surface area contributed by atoms with Crippen molar-refractivity contribution in [3.05, 3.63) is 96.1 Å². The second-order valence-corrected chi connectivity index (χ2v) is 8.09. The van der Waals surface area contributed by atoms with Gasteiger partial charge in [0.1, 0.15) is 0 Å². The molecule has 4 aromatic rings. The van der Waals surface area contributed by atoms with Gasteiger partial charge in [0.15, 0.2) is 0 Å². The van der Waals surface area contributed by atoms with Crippen LogP contribution < -0.4 is 10.9 Å². The first-order valence-corrected chi connectivity index (χ1v) is 11.1. The van der Waals surface area contributed by atoms with Crippen molar-refractivity contribution in [1.29, 1.82) is 0 Å². The predicted octanol–water partition coefficient (Wildman–Crippen LogP) is 5.15. The Morgan fingerprint density at radius 3 is 1.38 bits per heavy atom. The largest absolute Gasteiger partial charge is 0.273 e. The smallest absolute Gasteiger partial charge is 0.240 e. The molecule has 2 amide bonds. The number of carbonyl (C=O) groups is 2. The van der Waals surface area contributed by atoms with Crippen LogP contribution in [-0.2, 0) is 9.59 Å². The van der Waals surface area contributed by atoms with Crippen LogP contribution in [0.5, 0.6) is 0 Å². The summed E-state index contributed by atoms with van der Waals surface area (Å²) in [5, 5.41) is 12.9. The molecule has 4 aromatic carbocycles. The third-order valence-corrected chi connectivity index (χ3v) is 5.61. The topological polar surface area (TPSA) is 82.9 Å². The van der Waals surface area contributed by atoms with Gasteiger partial charge >= 0.3 is 0 Å². The first kappa shape index (κ1) is 22.9. The quantitative estimate of drug-likeness (QED) is 0.301. The van der Waals surface area contributed by atoms with Gasteiger partial charge in [0.2, 0.25) is 11.8 Å². The van der Waals surface area contributed by atoms with Crippen LogP contribution in [0, 0.1) is 0 Å². The maximum atomic E-state index is 12.1. The summed E-state index contributed by atoms with van der Waals surface area (Å²) in [7, 11) is 0. The molecule has 34 heavy (non-hydrogen) atoms. The van der Waals surface area contributed by atoms with Crippen molar-refractivity contribution in [3.8, 4) is 0 Å². The summed E-state index contributed by atoms with van der Waals surface area (Å²) in [5.74, 6) is -0.656. The minimum Gasteiger partial charge on any atom is -0.273 e. The van der Waals surface area contributed by atoms with E-state index in [4.69, 9.17) is 0 Å². The maximum absolute atomic E-state index is 12.1. The highest BCUT2D eigenvalue weighted by Gasteiger charge is 2.07. The lowest BCUT2D eigenvalue weighted by atomic mass is 10.0. The number of amides is 2. The molecule has 0 saturated heterocycles. The summed E-state index contributed by atoms with van der Waals surface area (Å²) in [6, 6.07) is 28.2. The monoisotopic (exact) mass is 450 g/mol. The molecule has 6 heteroatoms. The van der Waals surface area contributed by atoms with Gasteiger partial charge in [-0.1, -0.05) is 72.8 Å². The number of fused-ring (bicyclic) bond motifs is 2. The fourth-order valence-corrected chi connectivity index (χ4v) is 3.59. The average molecular weight is 451 g/mol. The van der Waals surface area contributed by atoms with E-state index in [0.29, 0.717) is 11.4 Å². The van der Waals surface area contributed by atoms with Gasteiger partial charge in [-0.2, -0.15) is 10.2 Å². The number of nitrogens with zero attached hydrogens (tertiary/aromatic N) is 2. The van der Waals surface area contributed by atoms with Gasteiger partial charge in [-0.15, -0.1) is 0 Å². The first-order chi connectivity index (χ1) is 16.5. The van der Waals surface area contributed by atoms with Crippen LogP contribution >= 0.6 is 0 Å². The highest BCUT2D eigenvalue weighted by Crippen LogP contribution is 2.17. The molecule has 4 rings (SSSR count). The fourth-order valence-electron chi connectivity index (χ4n) is 3.59. The van der Waals surface area contributed by atoms with Crippen molar-refractivity contribution < 1.29 is 9.59 Å². The fraction of sp³-hybridized carbons (Fsp3) is 0.143. The van der Waals surface area contributed by atoms with Gasteiger partial charge in [0.25, 0.3) is 0 Å². The van der Waals surface area contributed by atoms with Gasteiger partial charge in [-0.25, -0.2) is 10.9 Å². The first-order valence-electron chi connectivity index (χ1n) is 11.1. The number of benzene rings is 4. The van der Waals surface area contributed by atoms with E-state index in [1.165, 1.54) is 0 Å². The van der Waals surface area contributed by atoms with Crippen LogP contribution in [0.15, 0.2) is 95.1 Å². The molecule has 0 saturated carbocycles. The minimum atomic E-state index is -0.328. The van der Waals surface area contributed by atoms with Crippen LogP contribution in [-0.4, -0.2) is 23.2 Å². The molecule has 0 spiro atoms. The summed E-state index contributed by atoms with van der Waals surface area (Å²) in [4.78, 5) is 24.3. The number of rotatable bonds is 7. The van der Waals surface area contributed by atoms with Crippen molar-refractivity contribution in [2.24, 2.45) is 10.2 Å². The minimum absolute atomic E-state index is 0.0187. The molecule has 6 nitrogen and oxygen atoms in total. The molecule has 0 aliphatic heterocycles. The van der Waals surface area contributed by atoms with E-state index in [-0.39, 0.29) is 24.7 Å². The molecule has 0 atom stereocenters. The molecule has 170 valence electrons. The summed E-state index contributed by atoms with van der Waals surface area (Å²) < 4.78 is 0. The zero-order valence-electron chi connectivity index (χ0n) is 19.2. The lowest BCUT2D eigenvalue weighted by Gasteiger charge is -2.06. The summed E-state index contributed by atoms with van der Waals surface area (Å²) >= 11 is 0. The Labute approximate surface area is 198 Å². The zero-order valence-corrected chi connectivity index (χ0v) is 19.2. The Balaban J connectivity index is 1.27. The lowest BCUT2D eigenvalue weighted by Crippen LogP contribution is -2.24. The normalized spacial score (nSPS) is 12.1. The lowest BCUT2D eigenvalue weighted by molar-refractivity contribution is -0.126. The standard InChI is InChI=1S/C28H26N4O2/c1-19(23-13-11-21-7-3-5-9-25(21)17-23)29-31-27(33)15-16-28(34)32-30-20(2)24-14-12-22-8-4-6-10-26(22)18-24/h3-14,17-18H,15-16H2,1-2H3,(H,31,33)(H,32,34). The molecule has 0 bridgehead atoms. The van der Waals surface area contributed by atoms with Gasteiger partial charge < -0.3 is 0 Å². The zero-order chi connectivity index (χ0) is 23.9. The molecule has 0 unspecified atom stereocenters. The van der Waals surface area contributed by atoms with Crippen molar-refractivity contribution in [1.82, 2.24) is 10.9 Å². The number of hydrazone groups is 2. The van der Waals surface area contributed by atoms with Crippen LogP contribution in [0.4, 0.5) is 0 Å². The molecule has 0 aromatic heterocycles. The second-order valence-electron chi connectivity index (χ2n) is 8.09. The highest BCUT2D eigenvalue weighted by atomic mass is 16.2. The number of nitrogens with one attached hydrogen (secondary N) is 2. The molecule has 0 aliphatic rings. The van der Waals surface area contributed by atoms with Crippen molar-refractivity contribution in [2.75, 3.05) is 0 Å². The van der Waals surface area contributed by atoms with Gasteiger partial charge in [-0.05, 0) is 58.7 Å². The summed E-state index contributed by atoms with van der Waals surface area (Å²) in [6.45, 7) is 3.67. The van der Waals surface area contributed by atoms with Gasteiger partial charge in [0, 0.05) is 12.8 Å². The maximum Gasteiger partial charge on any atom is 0.240 e. The van der Waals surface area contributed by atoms with Gasteiger partial charge in [0.05, 0.1) is 11.4 Å². The predicted molar refractivity (Wildman–Crippen MR) is 138 cm³/mol. The van der Waals surface area contributed by atoms with E-state index in [1.54, 1.807) is 0 Å². The third-order valence-electron chi connectivity index (χ3n) is 5.61. The molecule has 0 aliphatic carbocycles. The van der Waals surface area contributed by atoms with E-state index in [2.05, 4.69) is 21.1 Å². The Kier molecular flexibility index (Phi) is 7.08. The van der Waals surface area contributed by atoms with Crippen LogP contribution in [0.2, 0.25) is 0 Å². The molecule has 0 radical (unpaired) electrons. The van der Waals surface area contributed by atoms with Crippen LogP contribution in [0.1, 0.15) is 37.8 Å². The van der Waals surface area contributed by atoms with Crippen molar-refractivity contribution >= 4 is 44.8 Å². The van der Waals surface area contributed by atoms with E-state index >= 15 is 0 Å². The molecular formula is C28H26N4O2. The molecule has 0 heterocycles. The Morgan fingerprint density at radius 1 is 0.588 bits per heavy atom. The average Bonchev–Trinajstić information content (AvgIpc) is 2.88. The van der Waals surface area contributed by atoms with E-state index in [1.807, 2.05) is 98.8 Å². The highest BCUT2D eigenvalue weighted by molar-refractivity contribution is 6.03. The van der Waals surface area contributed by atoms with Crippen LogP contribution in [0.3, 0.4) is 0 Å². The summed E-state index contributed by atoms with van der Waals surface area (Å²) in [5.41, 5.74) is 8.29. The molecular weight excluding hydrogens is 424 g/mol. The number of hydrogen-bond acceptors (Lipinski definition) is 4. The second kappa shape index (κ2) is 10.5. The number of carbonyl (C=O) groups excluding carboxylic acids is 2. The van der Waals surface area contributed by atoms with E-state index < -0.39 is 0 Å². The molecule has 0 fully saturated rings. The van der Waals surface area contributed by atoms with Crippen molar-refractivity contribution in [2.45, 2.75) is 26.7 Å². The Bertz CT molecular complexity index is 1310. The van der Waals surface area contributed by atoms with E-state index in [9.17, 15) is 9.59 Å². The van der Waals surface area contributed by atoms with Crippen LogP contribution in [0.25, 0.3) is 21.5 Å². The third kappa shape index (κ3) is 5.72. The number of hydrogen-bond donors (Lipinski definition) is 2.